The molecule has 5 nitrogen and oxygen atoms in total. The van der Waals surface area contributed by atoms with E-state index in [-0.39, 0.29) is 12.2 Å². The normalized spacial score (nSPS) is 27.0. The van der Waals surface area contributed by atoms with Crippen molar-refractivity contribution in [3.8, 4) is 11.1 Å². The molecule has 2 aromatic rings. The van der Waals surface area contributed by atoms with E-state index in [1.54, 1.807) is 0 Å². The molecule has 3 atom stereocenters. The molecule has 6 rings (SSSR count). The lowest BCUT2D eigenvalue weighted by Gasteiger charge is -2.36. The van der Waals surface area contributed by atoms with Gasteiger partial charge in [0.1, 0.15) is 5.60 Å². The van der Waals surface area contributed by atoms with Crippen LogP contribution in [-0.4, -0.2) is 54.0 Å². The highest BCUT2D eigenvalue weighted by molar-refractivity contribution is 7.59. The molecule has 1 N–H and O–H groups in total. The molecule has 2 saturated carbocycles. The van der Waals surface area contributed by atoms with Crippen LogP contribution < -0.4 is 5.30 Å². The molecule has 4 aliphatic rings. The van der Waals surface area contributed by atoms with Crippen LogP contribution in [0.25, 0.3) is 11.1 Å². The van der Waals surface area contributed by atoms with E-state index in [2.05, 4.69) is 48.2 Å². The van der Waals surface area contributed by atoms with Crippen molar-refractivity contribution < 1.29 is 19.2 Å². The van der Waals surface area contributed by atoms with Crippen LogP contribution in [-0.2, 0) is 14.3 Å². The van der Waals surface area contributed by atoms with E-state index in [9.17, 15) is 9.69 Å². The Labute approximate surface area is 216 Å². The molecule has 0 aromatic heterocycles. The molecule has 1 spiro atoms. The summed E-state index contributed by atoms with van der Waals surface area (Å²) in [6.45, 7) is 6.44. The molecule has 2 aliphatic heterocycles. The maximum atomic E-state index is 13.3. The zero-order valence-electron chi connectivity index (χ0n) is 21.5. The Morgan fingerprint density at radius 1 is 1.08 bits per heavy atom. The molecule has 3 unspecified atom stereocenters. The smallest absolute Gasteiger partial charge is 0.254 e. The van der Waals surface area contributed by atoms with Gasteiger partial charge in [0.15, 0.2) is 6.29 Å². The number of hydrogen-bond acceptors (Lipinski definition) is 4. The molecule has 4 fully saturated rings. The summed E-state index contributed by atoms with van der Waals surface area (Å²) in [6.07, 6.45) is 7.99. The molecular weight excluding hydrogens is 469 g/mol. The Morgan fingerprint density at radius 2 is 1.83 bits per heavy atom. The number of amides is 1. The molecule has 2 aromatic carbocycles. The molecule has 36 heavy (non-hydrogen) atoms. The van der Waals surface area contributed by atoms with Crippen LogP contribution >= 0.6 is 8.15 Å². The van der Waals surface area contributed by atoms with Crippen LogP contribution in [0.4, 0.5) is 0 Å². The largest absolute Gasteiger partial charge is 0.369 e. The van der Waals surface area contributed by atoms with Gasteiger partial charge in [-0.05, 0) is 105 Å². The van der Waals surface area contributed by atoms with Crippen molar-refractivity contribution in [1.29, 1.82) is 0 Å². The van der Waals surface area contributed by atoms with Gasteiger partial charge in [-0.25, -0.2) is 0 Å². The molecule has 0 radical (unpaired) electrons. The minimum absolute atomic E-state index is 0.198. The van der Waals surface area contributed by atoms with Crippen molar-refractivity contribution in [3.63, 3.8) is 0 Å². The van der Waals surface area contributed by atoms with E-state index >= 15 is 0 Å². The fourth-order valence-electron chi connectivity index (χ4n) is 6.38. The van der Waals surface area contributed by atoms with Gasteiger partial charge in [0.25, 0.3) is 5.91 Å². The number of ether oxygens (including phenoxy) is 2. The molecular formula is C30H38NO4P. The number of carbonyl (C=O) groups is 1. The van der Waals surface area contributed by atoms with Crippen molar-refractivity contribution in [1.82, 2.24) is 4.90 Å². The van der Waals surface area contributed by atoms with E-state index in [1.807, 2.05) is 12.7 Å². The average molecular weight is 508 g/mol. The molecule has 2 saturated heterocycles. The summed E-state index contributed by atoms with van der Waals surface area (Å²) >= 11 is 0. The third-order valence-corrected chi connectivity index (χ3v) is 10.1. The van der Waals surface area contributed by atoms with Crippen molar-refractivity contribution in [3.05, 3.63) is 53.6 Å². The maximum absolute atomic E-state index is 13.3. The van der Waals surface area contributed by atoms with Gasteiger partial charge >= 0.3 is 0 Å². The van der Waals surface area contributed by atoms with Gasteiger partial charge in [0.05, 0.1) is 8.15 Å². The number of hydrogen-bond donors (Lipinski definition) is 1. The number of carbonyl (C=O) groups excluding carboxylic acids is 1. The van der Waals surface area contributed by atoms with Crippen LogP contribution in [0.1, 0.15) is 68.4 Å². The molecule has 2 aliphatic carbocycles. The number of rotatable bonds is 6. The molecule has 192 valence electrons. The first kappa shape index (κ1) is 24.6. The highest BCUT2D eigenvalue weighted by atomic mass is 31.1. The van der Waals surface area contributed by atoms with Gasteiger partial charge in [-0.15, -0.1) is 0 Å². The minimum Gasteiger partial charge on any atom is -0.369 e. The lowest BCUT2D eigenvalue weighted by Crippen LogP contribution is -2.48. The first-order valence-electron chi connectivity index (χ1n) is 13.6. The zero-order valence-corrected chi connectivity index (χ0v) is 22.4. The zero-order chi connectivity index (χ0) is 24.9. The fraction of sp³-hybridized carbons (Fsp3) is 0.567. The lowest BCUT2D eigenvalue weighted by molar-refractivity contribution is -0.205. The second-order valence-corrected chi connectivity index (χ2v) is 13.0. The van der Waals surface area contributed by atoms with Gasteiger partial charge in [0, 0.05) is 25.0 Å². The van der Waals surface area contributed by atoms with Gasteiger partial charge < -0.3 is 19.3 Å². The predicted octanol–water partition coefficient (Wildman–Crippen LogP) is 5.48. The van der Waals surface area contributed by atoms with E-state index in [1.165, 1.54) is 28.7 Å². The van der Waals surface area contributed by atoms with E-state index in [4.69, 9.17) is 9.47 Å². The maximum Gasteiger partial charge on any atom is 0.254 e. The lowest BCUT2D eigenvalue weighted by atomic mass is 9.88. The summed E-state index contributed by atoms with van der Waals surface area (Å²) in [4.78, 5) is 25.5. The molecule has 1 amide bonds. The number of piperidine rings is 1. The number of nitrogens with zero attached hydrogens (tertiary/aromatic N) is 1. The summed E-state index contributed by atoms with van der Waals surface area (Å²) in [5.74, 6) is 0.795. The Morgan fingerprint density at radius 3 is 2.47 bits per heavy atom. The average Bonchev–Trinajstić information content (AvgIpc) is 3.82. The number of aryl methyl sites for hydroxylation is 1. The third-order valence-electron chi connectivity index (χ3n) is 9.04. The minimum atomic E-state index is -1.09. The van der Waals surface area contributed by atoms with Crippen LogP contribution in [0, 0.1) is 12.3 Å². The first-order valence-corrected chi connectivity index (χ1v) is 15.4. The van der Waals surface area contributed by atoms with Gasteiger partial charge in [0.2, 0.25) is 0 Å². The molecule has 2 heterocycles. The van der Waals surface area contributed by atoms with Crippen LogP contribution in [0.5, 0.6) is 0 Å². The van der Waals surface area contributed by atoms with E-state index in [0.29, 0.717) is 11.3 Å². The summed E-state index contributed by atoms with van der Waals surface area (Å²) in [5, 5.41) is 1.02. The fourth-order valence-corrected chi connectivity index (χ4v) is 6.99. The highest BCUT2D eigenvalue weighted by Gasteiger charge is 2.59. The quantitative estimate of drug-likeness (QED) is 0.526. The van der Waals surface area contributed by atoms with Gasteiger partial charge in [-0.3, -0.25) is 4.79 Å². The van der Waals surface area contributed by atoms with Crippen LogP contribution in [0.15, 0.2) is 42.5 Å². The van der Waals surface area contributed by atoms with Crippen molar-refractivity contribution in [2.45, 2.75) is 76.1 Å². The van der Waals surface area contributed by atoms with Crippen molar-refractivity contribution in [2.75, 3.05) is 26.4 Å². The topological polar surface area (TPSA) is 59.0 Å². The monoisotopic (exact) mass is 507 g/mol. The summed E-state index contributed by atoms with van der Waals surface area (Å²) in [7, 11) is -1.09. The van der Waals surface area contributed by atoms with Crippen molar-refractivity contribution >= 4 is 19.4 Å². The molecule has 6 heteroatoms. The van der Waals surface area contributed by atoms with E-state index in [0.717, 1.165) is 69.9 Å². The number of benzene rings is 2. The summed E-state index contributed by atoms with van der Waals surface area (Å²) < 4.78 is 12.0. The Hall–Kier alpha value is -1.78. The second kappa shape index (κ2) is 9.51. The molecule has 0 bridgehead atoms. The van der Waals surface area contributed by atoms with Crippen LogP contribution in [0.3, 0.4) is 0 Å². The first-order chi connectivity index (χ1) is 17.4. The standard InChI is InChI=1S/C30H38NO4P/c1-21-6-11-24(36(2)33)19-25(21)22-7-9-23(10-8-22)26-20-29(26)14-16-31(17-15-29)28(32)30(12-13-30)35-27-5-3-4-18-34-27/h6-11,19,26-27,33H,3-5,12-18,20H2,1-2H3. The second-order valence-electron chi connectivity index (χ2n) is 11.5. The predicted molar refractivity (Wildman–Crippen MR) is 144 cm³/mol. The van der Waals surface area contributed by atoms with Crippen LogP contribution in [0.2, 0.25) is 0 Å². The third kappa shape index (κ3) is 4.65. The number of likely N-dealkylation sites (tertiary alicyclic amines) is 1. The summed E-state index contributed by atoms with van der Waals surface area (Å²) in [5.41, 5.74) is 4.82. The Kier molecular flexibility index (Phi) is 6.49. The van der Waals surface area contributed by atoms with Gasteiger partial charge in [-0.1, -0.05) is 36.4 Å². The SMILES string of the molecule is Cc1ccc(P(C)O)cc1-c1ccc(C2CC23CCN(C(=O)C2(OC4CCCCO4)CC2)CC3)cc1. The van der Waals surface area contributed by atoms with Crippen molar-refractivity contribution in [2.24, 2.45) is 5.41 Å². The Bertz CT molecular complexity index is 1110. The summed E-state index contributed by atoms with van der Waals surface area (Å²) in [6, 6.07) is 15.3. The Balaban J connectivity index is 1.07. The highest BCUT2D eigenvalue weighted by Crippen LogP contribution is 2.65. The van der Waals surface area contributed by atoms with E-state index < -0.39 is 13.7 Å². The van der Waals surface area contributed by atoms with Gasteiger partial charge in [-0.2, -0.15) is 0 Å².